The van der Waals surface area contributed by atoms with Crippen LogP contribution in [0.3, 0.4) is 0 Å². The van der Waals surface area contributed by atoms with Gasteiger partial charge in [0.2, 0.25) is 11.8 Å². The number of carboxylic acids is 1. The van der Waals surface area contributed by atoms with E-state index in [4.69, 9.17) is 4.74 Å². The molecule has 1 aromatic heterocycles. The zero-order chi connectivity index (χ0) is 34.1. The minimum absolute atomic E-state index is 0.0847. The van der Waals surface area contributed by atoms with Gasteiger partial charge in [-0.15, -0.1) is 0 Å². The third-order valence-corrected chi connectivity index (χ3v) is 10.3. The molecule has 2 fully saturated rings. The molecule has 252 valence electrons. The number of halogens is 1. The van der Waals surface area contributed by atoms with Crippen LogP contribution in [0.5, 0.6) is 0 Å². The molecule has 47 heavy (non-hydrogen) atoms. The summed E-state index contributed by atoms with van der Waals surface area (Å²) in [5, 5.41) is 31.3. The molecule has 1 aromatic carbocycles. The van der Waals surface area contributed by atoms with E-state index in [0.29, 0.717) is 6.42 Å². The van der Waals surface area contributed by atoms with Crippen LogP contribution < -0.4 is 21.3 Å². The lowest BCUT2D eigenvalue weighted by Gasteiger charge is -2.34. The number of alkyl carbamates (subject to hydrolysis) is 1. The fourth-order valence-corrected chi connectivity index (χ4v) is 7.14. The van der Waals surface area contributed by atoms with E-state index in [-0.39, 0.29) is 29.9 Å². The molecule has 6 N–H and O–H groups in total. The van der Waals surface area contributed by atoms with Gasteiger partial charge in [0.25, 0.3) is 0 Å². The molecule has 15 heteroatoms. The van der Waals surface area contributed by atoms with E-state index in [1.165, 1.54) is 4.90 Å². The number of aliphatic carboxylic acids is 1. The molecule has 3 aliphatic rings. The monoisotopic (exact) mass is 762 g/mol. The molecule has 5 rings (SSSR count). The lowest BCUT2D eigenvalue weighted by Crippen LogP contribution is -2.60. The van der Waals surface area contributed by atoms with Crippen LogP contribution in [-0.2, 0) is 32.1 Å². The molecule has 2 aliphatic carbocycles. The fraction of sp³-hybridized carbons (Fsp3) is 0.500. The van der Waals surface area contributed by atoms with Crippen molar-refractivity contribution in [3.05, 3.63) is 65.5 Å². The van der Waals surface area contributed by atoms with Gasteiger partial charge in [0.1, 0.15) is 18.2 Å². The Hall–Kier alpha value is -3.99. The first-order valence-electron chi connectivity index (χ1n) is 15.4. The number of nitrogens with one attached hydrogen (secondary N) is 4. The third-order valence-electron chi connectivity index (χ3n) is 8.76. The van der Waals surface area contributed by atoms with Crippen LogP contribution in [0, 0.1) is 5.41 Å². The molecular weight excluding hydrogens is 723 g/mol. The Morgan fingerprint density at radius 1 is 1.15 bits per heavy atom. The number of rotatable bonds is 9. The number of amides is 5. The average Bonchev–Trinajstić information content (AvgIpc) is 3.33. The van der Waals surface area contributed by atoms with E-state index in [9.17, 15) is 34.2 Å². The number of likely N-dealkylation sites (tertiary alicyclic amines) is 1. The summed E-state index contributed by atoms with van der Waals surface area (Å²) in [5.41, 5.74) is 0.216. The van der Waals surface area contributed by atoms with E-state index >= 15 is 0 Å². The number of fused-ring (bicyclic) bond motifs is 1. The number of aromatic nitrogens is 1. The van der Waals surface area contributed by atoms with E-state index in [1.54, 1.807) is 45.3 Å². The number of aliphatic hydroxyl groups excluding tert-OH is 1. The van der Waals surface area contributed by atoms with Gasteiger partial charge in [-0.3, -0.25) is 14.6 Å². The smallest absolute Gasteiger partial charge is 0.407 e. The number of aliphatic hydroxyl groups is 1. The Labute approximate surface area is 285 Å². The number of hydrogen-bond acceptors (Lipinski definition) is 8. The van der Waals surface area contributed by atoms with Crippen molar-refractivity contribution < 1.29 is 38.9 Å². The lowest BCUT2D eigenvalue weighted by molar-refractivity contribution is -0.143. The summed E-state index contributed by atoms with van der Waals surface area (Å²) in [4.78, 5) is 70.9. The van der Waals surface area contributed by atoms with E-state index in [0.717, 1.165) is 16.7 Å². The Kier molecular flexibility index (Phi) is 9.96. The fourth-order valence-electron chi connectivity index (χ4n) is 6.02. The van der Waals surface area contributed by atoms with Crippen LogP contribution >= 0.6 is 22.6 Å². The summed E-state index contributed by atoms with van der Waals surface area (Å²) in [6, 6.07) is 7.22. The highest BCUT2D eigenvalue weighted by molar-refractivity contribution is 14.1. The van der Waals surface area contributed by atoms with Crippen LogP contribution in [0.4, 0.5) is 9.59 Å². The molecule has 5 amide bonds. The Morgan fingerprint density at radius 3 is 2.51 bits per heavy atom. The largest absolute Gasteiger partial charge is 0.479 e. The molecule has 1 saturated carbocycles. The second kappa shape index (κ2) is 13.6. The number of carbonyl (C=O) groups is 5. The summed E-state index contributed by atoms with van der Waals surface area (Å²) in [7, 11) is 0. The number of urea groups is 1. The van der Waals surface area contributed by atoms with Gasteiger partial charge in [0.15, 0.2) is 5.54 Å². The van der Waals surface area contributed by atoms with Gasteiger partial charge in [-0.1, -0.05) is 73.7 Å². The summed E-state index contributed by atoms with van der Waals surface area (Å²) >= 11 is 1.95. The van der Waals surface area contributed by atoms with E-state index < -0.39 is 71.2 Å². The predicted octanol–water partition coefficient (Wildman–Crippen LogP) is 1.80. The van der Waals surface area contributed by atoms with Crippen LogP contribution in [0.15, 0.2) is 48.8 Å². The van der Waals surface area contributed by atoms with Gasteiger partial charge in [-0.2, -0.15) is 0 Å². The van der Waals surface area contributed by atoms with Crippen molar-refractivity contribution in [2.75, 3.05) is 6.54 Å². The van der Waals surface area contributed by atoms with Gasteiger partial charge in [0.05, 0.1) is 18.7 Å². The van der Waals surface area contributed by atoms with Gasteiger partial charge in [-0.25, -0.2) is 14.4 Å². The van der Waals surface area contributed by atoms with Crippen molar-refractivity contribution >= 4 is 52.5 Å². The first kappa shape index (κ1) is 34.3. The lowest BCUT2D eigenvalue weighted by atomic mass is 9.86. The number of ether oxygens (including phenoxy) is 1. The molecule has 7 atom stereocenters. The molecule has 2 aromatic rings. The maximum Gasteiger partial charge on any atom is 0.407 e. The van der Waals surface area contributed by atoms with Gasteiger partial charge < -0.3 is 41.1 Å². The normalized spacial score (nSPS) is 26.8. The zero-order valence-corrected chi connectivity index (χ0v) is 28.4. The summed E-state index contributed by atoms with van der Waals surface area (Å²) in [5.74, 6) is -2.40. The molecule has 0 bridgehead atoms. The van der Waals surface area contributed by atoms with E-state index in [2.05, 4.69) is 26.3 Å². The van der Waals surface area contributed by atoms with Crippen LogP contribution in [0.1, 0.15) is 56.3 Å². The number of carboxylic acid groups (broad SMARTS) is 1. The second-order valence-corrected chi connectivity index (χ2v) is 14.8. The van der Waals surface area contributed by atoms with Crippen molar-refractivity contribution in [2.24, 2.45) is 5.41 Å². The number of carbonyl (C=O) groups excluding carboxylic acids is 4. The standard InChI is InChI=1S/C32H39IN6O8/c1-31(2,3)25(27(42)36-24-20-9-5-4-8-18(20)11-22(24)40)37-29(45)39-16-19(47-30(46)35-15-17-7-6-10-34-14-17)12-21(39)26(41)38-32(28(43)44)13-23(32)33/h4-10,14,19,21-25,40H,11-13,15-16H2,1-3H3,(H,35,46)(H,36,42)(H,37,45)(H,38,41)(H,43,44)/t19-,21+,22-,23-,24+,25-,32-/m1/s1. The molecule has 14 nitrogen and oxygen atoms in total. The van der Waals surface area contributed by atoms with Crippen molar-refractivity contribution in [1.29, 1.82) is 0 Å². The number of hydrogen-bond donors (Lipinski definition) is 6. The maximum atomic E-state index is 13.9. The Balaban J connectivity index is 1.30. The van der Waals surface area contributed by atoms with E-state index in [1.807, 2.05) is 46.9 Å². The highest BCUT2D eigenvalue weighted by atomic mass is 127. The molecule has 1 saturated heterocycles. The third kappa shape index (κ3) is 7.61. The Morgan fingerprint density at radius 2 is 1.87 bits per heavy atom. The SMILES string of the molecule is CC(C)(C)[C@H](NC(=O)N1C[C@H](OC(=O)NCc2cccnc2)C[C@H]1C(=O)N[C@]1(C(=O)O)C[C@H]1I)C(=O)N[C@H]1c2ccccc2C[C@H]1O. The molecule has 1 aliphatic heterocycles. The average molecular weight is 763 g/mol. The van der Waals surface area contributed by atoms with Gasteiger partial charge in [-0.05, 0) is 34.6 Å². The molecule has 0 spiro atoms. The molecule has 2 heterocycles. The number of nitrogens with zero attached hydrogens (tertiary/aromatic N) is 2. The predicted molar refractivity (Wildman–Crippen MR) is 176 cm³/mol. The Bertz CT molecular complexity index is 1540. The summed E-state index contributed by atoms with van der Waals surface area (Å²) in [6.07, 6.45) is 1.22. The minimum Gasteiger partial charge on any atom is -0.479 e. The van der Waals surface area contributed by atoms with Gasteiger partial charge in [0, 0.05) is 35.7 Å². The highest BCUT2D eigenvalue weighted by Crippen LogP contribution is 2.43. The first-order valence-corrected chi connectivity index (χ1v) is 16.6. The highest BCUT2D eigenvalue weighted by Gasteiger charge is 2.61. The number of benzene rings is 1. The quantitative estimate of drug-likeness (QED) is 0.163. The summed E-state index contributed by atoms with van der Waals surface area (Å²) < 4.78 is 5.23. The topological polar surface area (TPSA) is 199 Å². The first-order chi connectivity index (χ1) is 22.2. The zero-order valence-electron chi connectivity index (χ0n) is 26.2. The second-order valence-electron chi connectivity index (χ2n) is 13.3. The van der Waals surface area contributed by atoms with Crippen molar-refractivity contribution in [2.45, 2.75) is 86.4 Å². The minimum atomic E-state index is -1.45. The summed E-state index contributed by atoms with van der Waals surface area (Å²) in [6.45, 7) is 5.29. The van der Waals surface area contributed by atoms with Crippen molar-refractivity contribution in [3.8, 4) is 0 Å². The van der Waals surface area contributed by atoms with Crippen molar-refractivity contribution in [3.63, 3.8) is 0 Å². The van der Waals surface area contributed by atoms with Crippen LogP contribution in [0.25, 0.3) is 0 Å². The number of alkyl halides is 1. The molecule has 0 radical (unpaired) electrons. The molecular formula is C32H39IN6O8. The van der Waals surface area contributed by atoms with Crippen LogP contribution in [-0.4, -0.2) is 90.3 Å². The number of pyridine rings is 1. The van der Waals surface area contributed by atoms with Crippen molar-refractivity contribution in [1.82, 2.24) is 31.2 Å². The molecule has 0 unspecified atom stereocenters. The maximum absolute atomic E-state index is 13.9. The van der Waals surface area contributed by atoms with Crippen LogP contribution in [0.2, 0.25) is 0 Å². The van der Waals surface area contributed by atoms with Gasteiger partial charge >= 0.3 is 18.1 Å².